The third-order valence-electron chi connectivity index (χ3n) is 1.69. The van der Waals surface area contributed by atoms with E-state index in [1.807, 2.05) is 0 Å². The zero-order valence-corrected chi connectivity index (χ0v) is 8.21. The summed E-state index contributed by atoms with van der Waals surface area (Å²) in [5.41, 5.74) is 0. The van der Waals surface area contributed by atoms with E-state index in [0.717, 1.165) is 29.5 Å². The second kappa shape index (κ2) is 3.80. The first kappa shape index (κ1) is 8.58. The first-order chi connectivity index (χ1) is 6.40. The summed E-state index contributed by atoms with van der Waals surface area (Å²) in [6.07, 6.45) is 2.59. The van der Waals surface area contributed by atoms with Crippen molar-refractivity contribution in [3.05, 3.63) is 11.3 Å². The maximum Gasteiger partial charge on any atom is 0.234 e. The van der Waals surface area contributed by atoms with E-state index in [1.165, 1.54) is 0 Å². The Morgan fingerprint density at radius 1 is 1.62 bits per heavy atom. The van der Waals surface area contributed by atoms with Gasteiger partial charge in [-0.05, 0) is 6.54 Å². The van der Waals surface area contributed by atoms with Gasteiger partial charge in [0.25, 0.3) is 0 Å². The lowest BCUT2D eigenvalue weighted by molar-refractivity contribution is 0.707. The van der Waals surface area contributed by atoms with E-state index >= 15 is 0 Å². The van der Waals surface area contributed by atoms with Crippen molar-refractivity contribution in [1.82, 2.24) is 25.1 Å². The van der Waals surface area contributed by atoms with Gasteiger partial charge in [-0.2, -0.15) is 9.61 Å². The second-order valence-electron chi connectivity index (χ2n) is 2.66. The predicted octanol–water partition coefficient (Wildman–Crippen LogP) is 0.338. The van der Waals surface area contributed by atoms with Gasteiger partial charge in [-0.1, -0.05) is 18.3 Å². The lowest BCUT2D eigenvalue weighted by Crippen LogP contribution is -2.15. The van der Waals surface area contributed by atoms with Crippen LogP contribution in [-0.4, -0.2) is 32.9 Å². The molecule has 2 aromatic rings. The molecule has 0 aliphatic heterocycles. The van der Waals surface area contributed by atoms with Crippen LogP contribution < -0.4 is 5.32 Å². The number of likely N-dealkylation sites (N-methyl/N-ethyl adjacent to an activating group) is 1. The van der Waals surface area contributed by atoms with Crippen molar-refractivity contribution in [2.24, 2.45) is 0 Å². The Labute approximate surface area is 79.8 Å². The van der Waals surface area contributed by atoms with Crippen molar-refractivity contribution in [1.29, 1.82) is 0 Å². The van der Waals surface area contributed by atoms with E-state index in [4.69, 9.17) is 0 Å². The molecule has 6 heteroatoms. The average molecular weight is 197 g/mol. The molecule has 0 saturated heterocycles. The van der Waals surface area contributed by atoms with E-state index in [2.05, 4.69) is 27.5 Å². The highest BCUT2D eigenvalue weighted by Gasteiger charge is 2.03. The van der Waals surface area contributed by atoms with Gasteiger partial charge < -0.3 is 5.32 Å². The van der Waals surface area contributed by atoms with Gasteiger partial charge >= 0.3 is 0 Å². The Balaban J connectivity index is 2.03. The third kappa shape index (κ3) is 1.84. The van der Waals surface area contributed by atoms with Crippen LogP contribution in [0.25, 0.3) is 4.96 Å². The SMILES string of the molecule is CCNCCc1nn2cnnc2s1. The molecule has 0 saturated carbocycles. The van der Waals surface area contributed by atoms with E-state index in [1.54, 1.807) is 22.2 Å². The molecule has 0 aromatic carbocycles. The molecule has 1 N–H and O–H groups in total. The summed E-state index contributed by atoms with van der Waals surface area (Å²) in [6, 6.07) is 0. The lowest BCUT2D eigenvalue weighted by Gasteiger charge is -1.95. The number of hydrogen-bond acceptors (Lipinski definition) is 5. The summed E-state index contributed by atoms with van der Waals surface area (Å²) in [6.45, 7) is 4.07. The van der Waals surface area contributed by atoms with Crippen LogP contribution in [0.4, 0.5) is 0 Å². The van der Waals surface area contributed by atoms with Crippen LogP contribution in [0.1, 0.15) is 11.9 Å². The first-order valence-corrected chi connectivity index (χ1v) is 5.08. The van der Waals surface area contributed by atoms with E-state index in [9.17, 15) is 0 Å². The van der Waals surface area contributed by atoms with Crippen LogP contribution in [0.3, 0.4) is 0 Å². The average Bonchev–Trinajstić information content (AvgIpc) is 2.64. The Morgan fingerprint density at radius 2 is 2.54 bits per heavy atom. The number of nitrogens with zero attached hydrogens (tertiary/aromatic N) is 4. The van der Waals surface area contributed by atoms with Crippen molar-refractivity contribution >= 4 is 16.3 Å². The van der Waals surface area contributed by atoms with Gasteiger partial charge in [0.1, 0.15) is 11.3 Å². The molecule has 0 aliphatic carbocycles. The summed E-state index contributed by atoms with van der Waals surface area (Å²) in [5.74, 6) is 0. The van der Waals surface area contributed by atoms with Gasteiger partial charge in [0.15, 0.2) is 0 Å². The fourth-order valence-electron chi connectivity index (χ4n) is 1.07. The van der Waals surface area contributed by atoms with Crippen LogP contribution in [0.15, 0.2) is 6.33 Å². The van der Waals surface area contributed by atoms with Crippen LogP contribution in [0, 0.1) is 0 Å². The molecule has 0 bridgehead atoms. The standard InChI is InChI=1S/C7H11N5S/c1-2-8-4-3-6-11-12-5-9-10-7(12)13-6/h5,8H,2-4H2,1H3. The van der Waals surface area contributed by atoms with E-state index in [0.29, 0.717) is 0 Å². The zero-order valence-electron chi connectivity index (χ0n) is 7.40. The molecule has 0 amide bonds. The molecule has 0 unspecified atom stereocenters. The van der Waals surface area contributed by atoms with Crippen molar-refractivity contribution in [3.63, 3.8) is 0 Å². The summed E-state index contributed by atoms with van der Waals surface area (Å²) in [5, 5.41) is 16.3. The van der Waals surface area contributed by atoms with Gasteiger partial charge in [0.05, 0.1) is 0 Å². The monoisotopic (exact) mass is 197 g/mol. The van der Waals surface area contributed by atoms with E-state index in [-0.39, 0.29) is 0 Å². The molecule has 0 radical (unpaired) electrons. The number of fused-ring (bicyclic) bond motifs is 1. The second-order valence-corrected chi connectivity index (χ2v) is 3.70. The van der Waals surface area contributed by atoms with Crippen molar-refractivity contribution in [2.75, 3.05) is 13.1 Å². The van der Waals surface area contributed by atoms with E-state index < -0.39 is 0 Å². The summed E-state index contributed by atoms with van der Waals surface area (Å²) >= 11 is 1.59. The Hall–Kier alpha value is -1.01. The molecule has 0 aliphatic rings. The molecule has 5 nitrogen and oxygen atoms in total. The minimum absolute atomic E-state index is 0.867. The topological polar surface area (TPSA) is 55.1 Å². The van der Waals surface area contributed by atoms with Crippen LogP contribution in [-0.2, 0) is 6.42 Å². The van der Waals surface area contributed by atoms with Crippen LogP contribution in [0.2, 0.25) is 0 Å². The van der Waals surface area contributed by atoms with Gasteiger partial charge in [-0.15, -0.1) is 10.2 Å². The minimum atomic E-state index is 0.867. The summed E-state index contributed by atoms with van der Waals surface area (Å²) in [7, 11) is 0. The number of rotatable bonds is 4. The number of hydrogen-bond donors (Lipinski definition) is 1. The van der Waals surface area contributed by atoms with Crippen LogP contribution in [0.5, 0.6) is 0 Å². The maximum absolute atomic E-state index is 4.31. The number of aromatic nitrogens is 4. The molecule has 2 aromatic heterocycles. The normalized spacial score (nSPS) is 11.2. The van der Waals surface area contributed by atoms with Crippen molar-refractivity contribution in [2.45, 2.75) is 13.3 Å². The summed E-state index contributed by atoms with van der Waals surface area (Å²) in [4.78, 5) is 0.867. The van der Waals surface area contributed by atoms with Crippen molar-refractivity contribution < 1.29 is 0 Å². The fourth-order valence-corrected chi connectivity index (χ4v) is 1.89. The molecule has 0 spiro atoms. The quantitative estimate of drug-likeness (QED) is 0.718. The van der Waals surface area contributed by atoms with Gasteiger partial charge in [0, 0.05) is 13.0 Å². The number of nitrogens with one attached hydrogen (secondary N) is 1. The highest BCUT2D eigenvalue weighted by molar-refractivity contribution is 7.16. The highest BCUT2D eigenvalue weighted by atomic mass is 32.1. The summed E-state index contributed by atoms with van der Waals surface area (Å²) < 4.78 is 1.71. The maximum atomic E-state index is 4.31. The minimum Gasteiger partial charge on any atom is -0.317 e. The smallest absolute Gasteiger partial charge is 0.234 e. The van der Waals surface area contributed by atoms with Gasteiger partial charge in [0.2, 0.25) is 4.96 Å². The largest absolute Gasteiger partial charge is 0.317 e. The molecule has 13 heavy (non-hydrogen) atoms. The lowest BCUT2D eigenvalue weighted by atomic mass is 10.4. The Bertz CT molecular complexity index is 350. The molecule has 70 valence electrons. The van der Waals surface area contributed by atoms with Gasteiger partial charge in [-0.3, -0.25) is 0 Å². The molecule has 0 fully saturated rings. The predicted molar refractivity (Wildman–Crippen MR) is 50.9 cm³/mol. The Kier molecular flexibility index (Phi) is 2.51. The van der Waals surface area contributed by atoms with Crippen LogP contribution >= 0.6 is 11.3 Å². The third-order valence-corrected chi connectivity index (χ3v) is 2.67. The molecular formula is C7H11N5S. The molecule has 0 atom stereocenters. The molecule has 2 rings (SSSR count). The first-order valence-electron chi connectivity index (χ1n) is 4.26. The molecular weight excluding hydrogens is 186 g/mol. The van der Waals surface area contributed by atoms with Gasteiger partial charge in [-0.25, -0.2) is 0 Å². The van der Waals surface area contributed by atoms with Crippen molar-refractivity contribution in [3.8, 4) is 0 Å². The highest BCUT2D eigenvalue weighted by Crippen LogP contribution is 2.11. The fraction of sp³-hybridized carbons (Fsp3) is 0.571. The zero-order chi connectivity index (χ0) is 9.10. The Morgan fingerprint density at radius 3 is 3.31 bits per heavy atom. The molecule has 2 heterocycles.